The average molecular weight is 370 g/mol. The number of nitrogens with zero attached hydrogens (tertiary/aromatic N) is 4. The van der Waals surface area contributed by atoms with Gasteiger partial charge in [0.2, 0.25) is 0 Å². The number of fused-ring (bicyclic) bond motifs is 1. The lowest BCUT2D eigenvalue weighted by atomic mass is 10.2. The highest BCUT2D eigenvalue weighted by Gasteiger charge is 2.22. The molecule has 0 aliphatic heterocycles. The van der Waals surface area contributed by atoms with E-state index in [1.807, 2.05) is 41.0 Å². The first kappa shape index (κ1) is 16.4. The molecular weight excluding hydrogens is 352 g/mol. The highest BCUT2D eigenvalue weighted by atomic mass is 16.1. The van der Waals surface area contributed by atoms with E-state index >= 15 is 0 Å². The van der Waals surface area contributed by atoms with Crippen LogP contribution in [-0.2, 0) is 0 Å². The standard InChI is InChI=1S/C21H18N6O/c28-21(26-18-12-22-10-9-16(18)25-15-6-7-15)14-5-8-20(23-11-14)27-13-24-17-3-1-2-4-19(17)27/h1-5,8-13,15H,6-7H2,(H,22,25)(H,26,28). The fourth-order valence-corrected chi connectivity index (χ4v) is 3.07. The van der Waals surface area contributed by atoms with Crippen molar-refractivity contribution in [3.8, 4) is 5.82 Å². The van der Waals surface area contributed by atoms with E-state index < -0.39 is 0 Å². The highest BCUT2D eigenvalue weighted by Crippen LogP contribution is 2.29. The Morgan fingerprint density at radius 1 is 1.00 bits per heavy atom. The number of amides is 1. The Morgan fingerprint density at radius 2 is 1.89 bits per heavy atom. The maximum absolute atomic E-state index is 12.7. The fraction of sp³-hybridized carbons (Fsp3) is 0.143. The molecule has 1 fully saturated rings. The molecule has 0 bridgehead atoms. The van der Waals surface area contributed by atoms with Gasteiger partial charge in [-0.3, -0.25) is 14.3 Å². The molecule has 1 aliphatic rings. The zero-order valence-electron chi connectivity index (χ0n) is 15.0. The summed E-state index contributed by atoms with van der Waals surface area (Å²) >= 11 is 0. The molecule has 5 rings (SSSR count). The summed E-state index contributed by atoms with van der Waals surface area (Å²) in [6, 6.07) is 13.8. The van der Waals surface area contributed by atoms with Crippen LogP contribution in [0.3, 0.4) is 0 Å². The lowest BCUT2D eigenvalue weighted by molar-refractivity contribution is 0.102. The van der Waals surface area contributed by atoms with E-state index in [1.165, 1.54) is 0 Å². The van der Waals surface area contributed by atoms with Crippen LogP contribution in [0, 0.1) is 0 Å². The van der Waals surface area contributed by atoms with Crippen molar-refractivity contribution in [2.24, 2.45) is 0 Å². The number of aromatic nitrogens is 4. The number of para-hydroxylation sites is 2. The molecule has 3 aromatic heterocycles. The second-order valence-corrected chi connectivity index (χ2v) is 6.80. The third-order valence-corrected chi connectivity index (χ3v) is 4.72. The summed E-state index contributed by atoms with van der Waals surface area (Å²) in [4.78, 5) is 25.6. The first-order chi connectivity index (χ1) is 13.8. The largest absolute Gasteiger partial charge is 0.381 e. The summed E-state index contributed by atoms with van der Waals surface area (Å²) in [5, 5.41) is 6.33. The van der Waals surface area contributed by atoms with Gasteiger partial charge in [0, 0.05) is 18.4 Å². The Bertz CT molecular complexity index is 1150. The van der Waals surface area contributed by atoms with Crippen LogP contribution in [0.4, 0.5) is 11.4 Å². The van der Waals surface area contributed by atoms with E-state index in [0.29, 0.717) is 23.1 Å². The van der Waals surface area contributed by atoms with E-state index in [2.05, 4.69) is 25.6 Å². The predicted molar refractivity (Wildman–Crippen MR) is 108 cm³/mol. The van der Waals surface area contributed by atoms with E-state index in [9.17, 15) is 4.79 Å². The van der Waals surface area contributed by atoms with Crippen LogP contribution in [0.15, 0.2) is 67.4 Å². The highest BCUT2D eigenvalue weighted by molar-refractivity contribution is 6.05. The molecule has 7 heteroatoms. The molecule has 1 aromatic carbocycles. The smallest absolute Gasteiger partial charge is 0.257 e. The molecule has 4 aromatic rings. The number of carbonyl (C=O) groups excluding carboxylic acids is 1. The van der Waals surface area contributed by atoms with Crippen LogP contribution in [0.2, 0.25) is 0 Å². The lowest BCUT2D eigenvalue weighted by Crippen LogP contribution is -2.15. The Balaban J connectivity index is 1.36. The maximum atomic E-state index is 12.7. The third-order valence-electron chi connectivity index (χ3n) is 4.72. The minimum atomic E-state index is -0.221. The zero-order valence-corrected chi connectivity index (χ0v) is 15.0. The van der Waals surface area contributed by atoms with Gasteiger partial charge in [-0.1, -0.05) is 12.1 Å². The summed E-state index contributed by atoms with van der Waals surface area (Å²) in [6.45, 7) is 0. The van der Waals surface area contributed by atoms with Crippen molar-refractivity contribution in [2.45, 2.75) is 18.9 Å². The van der Waals surface area contributed by atoms with Crippen molar-refractivity contribution in [1.29, 1.82) is 0 Å². The SMILES string of the molecule is O=C(Nc1cnccc1NC1CC1)c1ccc(-n2cnc3ccccc32)nc1. The molecule has 1 amide bonds. The number of benzene rings is 1. The number of rotatable bonds is 5. The third kappa shape index (κ3) is 3.18. The molecule has 0 saturated heterocycles. The van der Waals surface area contributed by atoms with Crippen LogP contribution in [0.5, 0.6) is 0 Å². The normalized spacial score (nSPS) is 13.4. The van der Waals surface area contributed by atoms with Crippen molar-refractivity contribution in [3.63, 3.8) is 0 Å². The van der Waals surface area contributed by atoms with Crippen LogP contribution in [-0.4, -0.2) is 31.5 Å². The van der Waals surface area contributed by atoms with Crippen molar-refractivity contribution < 1.29 is 4.79 Å². The van der Waals surface area contributed by atoms with Gasteiger partial charge in [-0.05, 0) is 43.2 Å². The summed E-state index contributed by atoms with van der Waals surface area (Å²) in [6.07, 6.45) is 8.99. The average Bonchev–Trinajstić information content (AvgIpc) is 3.45. The molecule has 0 atom stereocenters. The van der Waals surface area contributed by atoms with E-state index in [0.717, 1.165) is 29.6 Å². The minimum absolute atomic E-state index is 0.221. The second-order valence-electron chi connectivity index (χ2n) is 6.80. The molecule has 138 valence electrons. The summed E-state index contributed by atoms with van der Waals surface area (Å²) in [5.41, 5.74) is 3.91. The Morgan fingerprint density at radius 3 is 2.71 bits per heavy atom. The Kier molecular flexibility index (Phi) is 3.97. The van der Waals surface area contributed by atoms with Gasteiger partial charge in [0.25, 0.3) is 5.91 Å². The number of carbonyl (C=O) groups is 1. The maximum Gasteiger partial charge on any atom is 0.257 e. The van der Waals surface area contributed by atoms with Crippen LogP contribution >= 0.6 is 0 Å². The number of hydrogen-bond acceptors (Lipinski definition) is 5. The molecule has 28 heavy (non-hydrogen) atoms. The Labute approximate surface area is 161 Å². The van der Waals surface area contributed by atoms with E-state index in [4.69, 9.17) is 0 Å². The summed E-state index contributed by atoms with van der Waals surface area (Å²) in [5.74, 6) is 0.490. The van der Waals surface area contributed by atoms with Crippen molar-refractivity contribution >= 4 is 28.3 Å². The topological polar surface area (TPSA) is 84.7 Å². The first-order valence-electron chi connectivity index (χ1n) is 9.18. The monoisotopic (exact) mass is 370 g/mol. The van der Waals surface area contributed by atoms with Crippen molar-refractivity contribution in [3.05, 3.63) is 72.9 Å². The van der Waals surface area contributed by atoms with Gasteiger partial charge in [-0.15, -0.1) is 0 Å². The number of anilines is 2. The molecule has 0 spiro atoms. The Hall–Kier alpha value is -3.74. The summed E-state index contributed by atoms with van der Waals surface area (Å²) < 4.78 is 1.90. The van der Waals surface area contributed by atoms with Gasteiger partial charge in [-0.2, -0.15) is 0 Å². The van der Waals surface area contributed by atoms with E-state index in [-0.39, 0.29) is 5.91 Å². The molecule has 3 heterocycles. The second kappa shape index (κ2) is 6.77. The molecule has 1 aliphatic carbocycles. The van der Waals surface area contributed by atoms with Crippen LogP contribution in [0.1, 0.15) is 23.2 Å². The van der Waals surface area contributed by atoms with Crippen molar-refractivity contribution in [1.82, 2.24) is 19.5 Å². The molecular formula is C21H18N6O. The van der Waals surface area contributed by atoms with Gasteiger partial charge in [0.05, 0.1) is 34.2 Å². The van der Waals surface area contributed by atoms with Crippen LogP contribution < -0.4 is 10.6 Å². The van der Waals surface area contributed by atoms with E-state index in [1.54, 1.807) is 31.0 Å². The van der Waals surface area contributed by atoms with Gasteiger partial charge in [0.15, 0.2) is 0 Å². The van der Waals surface area contributed by atoms with Gasteiger partial charge in [-0.25, -0.2) is 9.97 Å². The number of hydrogen-bond donors (Lipinski definition) is 2. The first-order valence-corrected chi connectivity index (χ1v) is 9.18. The molecule has 1 saturated carbocycles. The van der Waals surface area contributed by atoms with Crippen LogP contribution in [0.25, 0.3) is 16.9 Å². The molecule has 0 unspecified atom stereocenters. The zero-order chi connectivity index (χ0) is 18.9. The number of pyridine rings is 2. The minimum Gasteiger partial charge on any atom is -0.381 e. The fourth-order valence-electron chi connectivity index (χ4n) is 3.07. The van der Waals surface area contributed by atoms with Gasteiger partial charge >= 0.3 is 0 Å². The van der Waals surface area contributed by atoms with Crippen molar-refractivity contribution in [2.75, 3.05) is 10.6 Å². The number of imidazole rings is 1. The molecule has 0 radical (unpaired) electrons. The molecule has 2 N–H and O–H groups in total. The summed E-state index contributed by atoms with van der Waals surface area (Å²) in [7, 11) is 0. The lowest BCUT2D eigenvalue weighted by Gasteiger charge is -2.12. The van der Waals surface area contributed by atoms with Gasteiger partial charge in [0.1, 0.15) is 12.1 Å². The molecule has 7 nitrogen and oxygen atoms in total. The predicted octanol–water partition coefficient (Wildman–Crippen LogP) is 3.64. The quantitative estimate of drug-likeness (QED) is 0.560. The number of nitrogens with one attached hydrogen (secondary N) is 2. The van der Waals surface area contributed by atoms with Gasteiger partial charge < -0.3 is 10.6 Å².